The van der Waals surface area contributed by atoms with E-state index in [1.807, 2.05) is 20.8 Å². The van der Waals surface area contributed by atoms with Crippen molar-refractivity contribution in [1.29, 1.82) is 0 Å². The zero-order valence-corrected chi connectivity index (χ0v) is 15.8. The molecule has 1 N–H and O–H groups in total. The largest absolute Gasteiger partial charge is 0.490 e. The Balaban J connectivity index is 1.65. The van der Waals surface area contributed by atoms with Crippen molar-refractivity contribution < 1.29 is 23.8 Å². The van der Waals surface area contributed by atoms with E-state index in [0.717, 1.165) is 0 Å². The van der Waals surface area contributed by atoms with Gasteiger partial charge in [0.15, 0.2) is 11.6 Å². The Hall–Kier alpha value is -1.86. The number of ether oxygens (including phenoxy) is 2. The first-order valence-electron chi connectivity index (χ1n) is 9.00. The number of hydrogen-bond acceptors (Lipinski definition) is 5. The summed E-state index contributed by atoms with van der Waals surface area (Å²) in [5, 5.41) is 10.2. The number of rotatable bonds is 6. The van der Waals surface area contributed by atoms with Crippen LogP contribution in [0.5, 0.6) is 5.75 Å². The predicted octanol–water partition coefficient (Wildman–Crippen LogP) is 2.51. The van der Waals surface area contributed by atoms with Crippen molar-refractivity contribution in [1.82, 2.24) is 9.80 Å². The van der Waals surface area contributed by atoms with Crippen molar-refractivity contribution in [2.75, 3.05) is 39.3 Å². The maximum Gasteiger partial charge on any atom is 0.410 e. The van der Waals surface area contributed by atoms with Gasteiger partial charge in [0.1, 0.15) is 5.60 Å². The average Bonchev–Trinajstić information content (AvgIpc) is 2.55. The Kier molecular flexibility index (Phi) is 7.23. The molecular formula is C19H29FN2O4. The average molecular weight is 368 g/mol. The number of nitrogens with zero attached hydrogens (tertiary/aromatic N) is 2. The molecule has 1 amide bonds. The molecule has 1 atom stereocenters. The third-order valence-electron chi connectivity index (χ3n) is 4.04. The van der Waals surface area contributed by atoms with Gasteiger partial charge < -0.3 is 19.5 Å². The molecule has 146 valence electrons. The van der Waals surface area contributed by atoms with Crippen molar-refractivity contribution in [3.05, 3.63) is 30.1 Å². The lowest BCUT2D eigenvalue weighted by atomic mass is 10.2. The maximum atomic E-state index is 13.5. The van der Waals surface area contributed by atoms with Crippen LogP contribution in [-0.2, 0) is 4.74 Å². The molecular weight excluding hydrogens is 339 g/mol. The molecule has 1 aromatic carbocycles. The van der Waals surface area contributed by atoms with Crippen LogP contribution >= 0.6 is 0 Å². The van der Waals surface area contributed by atoms with Crippen LogP contribution < -0.4 is 4.74 Å². The van der Waals surface area contributed by atoms with Gasteiger partial charge in [0.25, 0.3) is 0 Å². The summed E-state index contributed by atoms with van der Waals surface area (Å²) in [7, 11) is 0. The molecule has 0 aromatic heterocycles. The van der Waals surface area contributed by atoms with Gasteiger partial charge in [-0.05, 0) is 32.9 Å². The van der Waals surface area contributed by atoms with Gasteiger partial charge in [-0.1, -0.05) is 12.1 Å². The fraction of sp³-hybridized carbons (Fsp3) is 0.632. The fourth-order valence-electron chi connectivity index (χ4n) is 2.70. The lowest BCUT2D eigenvalue weighted by Crippen LogP contribution is -2.51. The van der Waals surface area contributed by atoms with Crippen LogP contribution in [0.1, 0.15) is 27.2 Å². The Labute approximate surface area is 154 Å². The number of halogens is 1. The Morgan fingerprint density at radius 2 is 1.88 bits per heavy atom. The van der Waals surface area contributed by atoms with E-state index in [1.54, 1.807) is 23.1 Å². The van der Waals surface area contributed by atoms with Gasteiger partial charge in [0.05, 0.1) is 12.7 Å². The van der Waals surface area contributed by atoms with Gasteiger partial charge in [-0.2, -0.15) is 0 Å². The lowest BCUT2D eigenvalue weighted by Gasteiger charge is -2.36. The number of aliphatic hydroxyl groups excluding tert-OH is 1. The first-order valence-corrected chi connectivity index (χ1v) is 9.00. The maximum absolute atomic E-state index is 13.5. The Morgan fingerprint density at radius 1 is 1.23 bits per heavy atom. The molecule has 7 heteroatoms. The molecule has 1 unspecified atom stereocenters. The highest BCUT2D eigenvalue weighted by molar-refractivity contribution is 5.68. The molecule has 1 aromatic rings. The Morgan fingerprint density at radius 3 is 2.50 bits per heavy atom. The van der Waals surface area contributed by atoms with E-state index in [-0.39, 0.29) is 18.4 Å². The standard InChI is InChI=1S/C19H29FN2O4/c1-19(2,3)26-18(24)22-11-9-21(10-12-22)14-15(23)8-13-25-17-7-5-4-6-16(17)20/h4-7,15,23H,8-14H2,1-3H3. The second kappa shape index (κ2) is 9.19. The molecule has 1 heterocycles. The molecule has 0 aliphatic carbocycles. The van der Waals surface area contributed by atoms with Gasteiger partial charge in [-0.3, -0.25) is 4.90 Å². The summed E-state index contributed by atoms with van der Waals surface area (Å²) in [6.45, 7) is 8.82. The van der Waals surface area contributed by atoms with Crippen LogP contribution in [0, 0.1) is 5.82 Å². The van der Waals surface area contributed by atoms with Gasteiger partial charge in [-0.25, -0.2) is 9.18 Å². The summed E-state index contributed by atoms with van der Waals surface area (Å²) in [5.41, 5.74) is -0.497. The zero-order valence-electron chi connectivity index (χ0n) is 15.8. The van der Waals surface area contributed by atoms with Crippen molar-refractivity contribution in [3.8, 4) is 5.75 Å². The molecule has 1 fully saturated rings. The van der Waals surface area contributed by atoms with Crippen molar-refractivity contribution in [2.45, 2.75) is 38.9 Å². The molecule has 0 bridgehead atoms. The van der Waals surface area contributed by atoms with Crippen molar-refractivity contribution >= 4 is 6.09 Å². The monoisotopic (exact) mass is 368 g/mol. The first-order chi connectivity index (χ1) is 12.2. The number of β-amino-alcohol motifs (C(OH)–C–C–N with tert-alkyl or cyclic N) is 1. The van der Waals surface area contributed by atoms with E-state index in [1.165, 1.54) is 6.07 Å². The smallest absolute Gasteiger partial charge is 0.410 e. The van der Waals surface area contributed by atoms with E-state index in [4.69, 9.17) is 9.47 Å². The molecule has 1 aliphatic heterocycles. The van der Waals surface area contributed by atoms with E-state index in [2.05, 4.69) is 4.90 Å². The summed E-state index contributed by atoms with van der Waals surface area (Å²) in [5.74, 6) is -0.203. The molecule has 0 saturated carbocycles. The van der Waals surface area contributed by atoms with Crippen molar-refractivity contribution in [3.63, 3.8) is 0 Å². The highest BCUT2D eigenvalue weighted by Gasteiger charge is 2.26. The molecule has 6 nitrogen and oxygen atoms in total. The van der Waals surface area contributed by atoms with E-state index in [9.17, 15) is 14.3 Å². The zero-order chi connectivity index (χ0) is 19.2. The number of para-hydroxylation sites is 1. The van der Waals surface area contributed by atoms with Crippen LogP contribution in [0.25, 0.3) is 0 Å². The number of amides is 1. The molecule has 26 heavy (non-hydrogen) atoms. The van der Waals surface area contributed by atoms with Gasteiger partial charge in [-0.15, -0.1) is 0 Å². The van der Waals surface area contributed by atoms with Gasteiger partial charge >= 0.3 is 6.09 Å². The minimum atomic E-state index is -0.560. The Bertz CT molecular complexity index is 583. The summed E-state index contributed by atoms with van der Waals surface area (Å²) < 4.78 is 24.2. The number of piperazine rings is 1. The second-order valence-corrected chi connectivity index (χ2v) is 7.49. The number of carbonyl (C=O) groups excluding carboxylic acids is 1. The SMILES string of the molecule is CC(C)(C)OC(=O)N1CCN(CC(O)CCOc2ccccc2F)CC1. The quantitative estimate of drug-likeness (QED) is 0.836. The second-order valence-electron chi connectivity index (χ2n) is 7.49. The van der Waals surface area contributed by atoms with Crippen LogP contribution in [-0.4, -0.2) is 72.0 Å². The number of hydrogen-bond donors (Lipinski definition) is 1. The van der Waals surface area contributed by atoms with Crippen molar-refractivity contribution in [2.24, 2.45) is 0 Å². The number of benzene rings is 1. The molecule has 1 saturated heterocycles. The third-order valence-corrected chi connectivity index (χ3v) is 4.04. The third kappa shape index (κ3) is 6.80. The van der Waals surface area contributed by atoms with Gasteiger partial charge in [0.2, 0.25) is 0 Å². The van der Waals surface area contributed by atoms with Gasteiger partial charge in [0, 0.05) is 39.1 Å². The first kappa shape index (κ1) is 20.5. The predicted molar refractivity (Wildman–Crippen MR) is 96.8 cm³/mol. The van der Waals surface area contributed by atoms with Crippen LogP contribution in [0.2, 0.25) is 0 Å². The molecule has 2 rings (SSSR count). The highest BCUT2D eigenvalue weighted by Crippen LogP contribution is 2.16. The normalized spacial score (nSPS) is 17.0. The van der Waals surface area contributed by atoms with Crippen LogP contribution in [0.15, 0.2) is 24.3 Å². The fourth-order valence-corrected chi connectivity index (χ4v) is 2.70. The minimum Gasteiger partial charge on any atom is -0.490 e. The van der Waals surface area contributed by atoms with E-state index in [0.29, 0.717) is 39.1 Å². The number of carbonyl (C=O) groups is 1. The minimum absolute atomic E-state index is 0.200. The molecule has 0 spiro atoms. The summed E-state index contributed by atoms with van der Waals surface area (Å²) in [6, 6.07) is 6.22. The summed E-state index contributed by atoms with van der Waals surface area (Å²) in [4.78, 5) is 15.8. The van der Waals surface area contributed by atoms with E-state index < -0.39 is 17.5 Å². The number of aliphatic hydroxyl groups is 1. The molecule has 1 aliphatic rings. The summed E-state index contributed by atoms with van der Waals surface area (Å²) in [6.07, 6.45) is -0.438. The molecule has 0 radical (unpaired) electrons. The van der Waals surface area contributed by atoms with E-state index >= 15 is 0 Å². The van der Waals surface area contributed by atoms with Crippen LogP contribution in [0.3, 0.4) is 0 Å². The highest BCUT2D eigenvalue weighted by atomic mass is 19.1. The summed E-state index contributed by atoms with van der Waals surface area (Å²) >= 11 is 0. The van der Waals surface area contributed by atoms with Crippen LogP contribution in [0.4, 0.5) is 9.18 Å². The topological polar surface area (TPSA) is 62.2 Å². The lowest BCUT2D eigenvalue weighted by molar-refractivity contribution is 0.00920.